The predicted molar refractivity (Wildman–Crippen MR) is 99.6 cm³/mol. The molecule has 1 unspecified atom stereocenters. The van der Waals surface area contributed by atoms with E-state index in [-0.39, 0.29) is 39.0 Å². The molecule has 0 saturated heterocycles. The lowest BCUT2D eigenvalue weighted by molar-refractivity contribution is 0.0604. The fourth-order valence-electron chi connectivity index (χ4n) is 3.09. The van der Waals surface area contributed by atoms with Gasteiger partial charge in [-0.25, -0.2) is 0 Å². The molecule has 1 atom stereocenters. The molecule has 0 aromatic rings. The van der Waals surface area contributed by atoms with Gasteiger partial charge in [-0.05, 0) is 46.6 Å². The van der Waals surface area contributed by atoms with Crippen molar-refractivity contribution in [2.24, 2.45) is 0 Å². The lowest BCUT2D eigenvalue weighted by Gasteiger charge is -2.43. The van der Waals surface area contributed by atoms with E-state index in [2.05, 4.69) is 0 Å². The number of methoxy groups -OCH3 is 2. The van der Waals surface area contributed by atoms with E-state index in [4.69, 9.17) is 27.6 Å². The standard InChI is InChI=1S/C16H32O8P2/c1-7-21-25(17,22-8-2)16(26(18,23-9-3)24-10-4)12-11-14(19-5)15(13-16)20-6/h13-14H,7-12H2,1-6H3. The Hall–Kier alpha value is -0.200. The van der Waals surface area contributed by atoms with Crippen LogP contribution in [0.4, 0.5) is 0 Å². The first-order valence-corrected chi connectivity index (χ1v) is 12.0. The van der Waals surface area contributed by atoms with Crippen LogP contribution in [0.15, 0.2) is 11.8 Å². The molecule has 0 aromatic heterocycles. The quantitative estimate of drug-likeness (QED) is 0.430. The topological polar surface area (TPSA) is 89.5 Å². The van der Waals surface area contributed by atoms with E-state index in [1.807, 2.05) is 0 Å². The smallest absolute Gasteiger partial charge is 0.352 e. The van der Waals surface area contributed by atoms with Crippen molar-refractivity contribution in [2.75, 3.05) is 40.6 Å². The number of ether oxygens (including phenoxy) is 2. The maximum Gasteiger partial charge on any atom is 0.352 e. The lowest BCUT2D eigenvalue weighted by Crippen LogP contribution is -2.38. The Morgan fingerprint density at radius 1 is 0.923 bits per heavy atom. The van der Waals surface area contributed by atoms with Crippen molar-refractivity contribution in [3.63, 3.8) is 0 Å². The number of hydrogen-bond acceptors (Lipinski definition) is 8. The number of hydrogen-bond donors (Lipinski definition) is 0. The minimum Gasteiger partial charge on any atom is -0.499 e. The normalized spacial score (nSPS) is 20.7. The van der Waals surface area contributed by atoms with Crippen LogP contribution in [0, 0.1) is 0 Å². The molecular formula is C16H32O8P2. The van der Waals surface area contributed by atoms with Gasteiger partial charge in [-0.3, -0.25) is 9.13 Å². The fourth-order valence-corrected chi connectivity index (χ4v) is 8.76. The van der Waals surface area contributed by atoms with E-state index < -0.39 is 20.1 Å². The molecule has 0 radical (unpaired) electrons. The molecule has 8 nitrogen and oxygen atoms in total. The maximum absolute atomic E-state index is 13.8. The van der Waals surface area contributed by atoms with Crippen molar-refractivity contribution in [3.05, 3.63) is 11.8 Å². The van der Waals surface area contributed by atoms with Gasteiger partial charge in [-0.1, -0.05) is 0 Å². The minimum atomic E-state index is -3.92. The Morgan fingerprint density at radius 3 is 1.65 bits per heavy atom. The summed E-state index contributed by atoms with van der Waals surface area (Å²) in [5.41, 5.74) is 0. The molecule has 0 spiro atoms. The van der Waals surface area contributed by atoms with Gasteiger partial charge in [-0.2, -0.15) is 0 Å². The second kappa shape index (κ2) is 10.4. The molecule has 0 amide bonds. The van der Waals surface area contributed by atoms with Crippen LogP contribution >= 0.6 is 15.2 Å². The molecule has 1 rings (SSSR count). The summed E-state index contributed by atoms with van der Waals surface area (Å²) in [6.45, 7) is 7.31. The van der Waals surface area contributed by atoms with E-state index in [0.717, 1.165) is 0 Å². The summed E-state index contributed by atoms with van der Waals surface area (Å²) in [6.07, 6.45) is 1.77. The van der Waals surface area contributed by atoms with E-state index in [1.165, 1.54) is 13.2 Å². The zero-order valence-corrected chi connectivity index (χ0v) is 18.3. The molecule has 10 heteroatoms. The van der Waals surface area contributed by atoms with Crippen LogP contribution in [0.3, 0.4) is 0 Å². The van der Waals surface area contributed by atoms with Crippen LogP contribution in [0.1, 0.15) is 40.5 Å². The van der Waals surface area contributed by atoms with Crippen LogP contribution in [-0.2, 0) is 36.7 Å². The van der Waals surface area contributed by atoms with E-state index in [1.54, 1.807) is 34.8 Å². The Balaban J connectivity index is 3.71. The molecule has 1 aliphatic carbocycles. The molecule has 154 valence electrons. The number of rotatable bonds is 12. The van der Waals surface area contributed by atoms with Crippen molar-refractivity contribution in [1.29, 1.82) is 0 Å². The summed E-state index contributed by atoms with van der Waals surface area (Å²) >= 11 is 0. The molecule has 0 saturated carbocycles. The maximum atomic E-state index is 13.8. The van der Waals surface area contributed by atoms with Gasteiger partial charge in [0.05, 0.1) is 33.5 Å². The zero-order chi connectivity index (χ0) is 19.8. The average Bonchev–Trinajstić information content (AvgIpc) is 2.61. The van der Waals surface area contributed by atoms with Crippen LogP contribution in [0.25, 0.3) is 0 Å². The predicted octanol–water partition coefficient (Wildman–Crippen LogP) is 4.55. The van der Waals surface area contributed by atoms with Crippen LogP contribution in [0.5, 0.6) is 0 Å². The second-order valence-corrected chi connectivity index (χ2v) is 10.5. The third-order valence-corrected chi connectivity index (χ3v) is 10.6. The molecule has 1 aliphatic rings. The zero-order valence-electron chi connectivity index (χ0n) is 16.6. The average molecular weight is 414 g/mol. The summed E-state index contributed by atoms with van der Waals surface area (Å²) in [4.78, 5) is -1.60. The molecule has 0 bridgehead atoms. The molecule has 0 aliphatic heterocycles. The first kappa shape index (κ1) is 23.8. The van der Waals surface area contributed by atoms with E-state index >= 15 is 0 Å². The van der Waals surface area contributed by atoms with Gasteiger partial charge < -0.3 is 27.6 Å². The Bertz CT molecular complexity index is 512. The fraction of sp³-hybridized carbons (Fsp3) is 0.875. The highest BCUT2D eigenvalue weighted by atomic mass is 31.2. The van der Waals surface area contributed by atoms with Gasteiger partial charge in [0.1, 0.15) is 11.9 Å². The molecular weight excluding hydrogens is 382 g/mol. The van der Waals surface area contributed by atoms with Gasteiger partial charge in [0.25, 0.3) is 0 Å². The van der Waals surface area contributed by atoms with Crippen LogP contribution in [0.2, 0.25) is 0 Å². The van der Waals surface area contributed by atoms with Crippen molar-refractivity contribution in [3.8, 4) is 0 Å². The molecule has 0 heterocycles. The molecule has 26 heavy (non-hydrogen) atoms. The van der Waals surface area contributed by atoms with Crippen molar-refractivity contribution < 1.29 is 36.7 Å². The lowest BCUT2D eigenvalue weighted by atomic mass is 10.0. The van der Waals surface area contributed by atoms with Crippen LogP contribution in [-0.4, -0.2) is 51.6 Å². The van der Waals surface area contributed by atoms with Gasteiger partial charge in [0.2, 0.25) is 0 Å². The molecule has 0 fully saturated rings. The Morgan fingerprint density at radius 2 is 1.35 bits per heavy atom. The number of allylic oxidation sites excluding steroid dienone is 1. The summed E-state index contributed by atoms with van der Waals surface area (Å²) in [7, 11) is -4.80. The molecule has 0 N–H and O–H groups in total. The van der Waals surface area contributed by atoms with E-state index in [9.17, 15) is 9.13 Å². The summed E-state index contributed by atoms with van der Waals surface area (Å²) in [5.74, 6) is 0.401. The van der Waals surface area contributed by atoms with Crippen LogP contribution < -0.4 is 0 Å². The summed E-state index contributed by atoms with van der Waals surface area (Å²) in [5, 5.41) is 0. The Labute approximate surface area is 156 Å². The monoisotopic (exact) mass is 414 g/mol. The third-order valence-electron chi connectivity index (χ3n) is 4.13. The van der Waals surface area contributed by atoms with Gasteiger partial charge >= 0.3 is 15.2 Å². The van der Waals surface area contributed by atoms with E-state index in [0.29, 0.717) is 12.2 Å². The SMILES string of the molecule is CCOP(=O)(OCC)C1(P(=O)(OCC)OCC)C=C(OC)C(OC)CC1. The molecule has 0 aromatic carbocycles. The summed E-state index contributed by atoms with van der Waals surface area (Å²) < 4.78 is 60.8. The van der Waals surface area contributed by atoms with Crippen molar-refractivity contribution >= 4 is 15.2 Å². The van der Waals surface area contributed by atoms with Gasteiger partial charge in [-0.15, -0.1) is 0 Å². The highest BCUT2D eigenvalue weighted by molar-refractivity contribution is 7.74. The Kier molecular flexibility index (Phi) is 9.51. The summed E-state index contributed by atoms with van der Waals surface area (Å²) in [6, 6.07) is 0. The highest BCUT2D eigenvalue weighted by Crippen LogP contribution is 2.80. The minimum absolute atomic E-state index is 0.126. The largest absolute Gasteiger partial charge is 0.499 e. The van der Waals surface area contributed by atoms with Gasteiger partial charge in [0, 0.05) is 7.11 Å². The van der Waals surface area contributed by atoms with Crippen molar-refractivity contribution in [1.82, 2.24) is 0 Å². The third kappa shape index (κ3) is 4.44. The highest BCUT2D eigenvalue weighted by Gasteiger charge is 2.65. The first-order chi connectivity index (χ1) is 12.3. The van der Waals surface area contributed by atoms with Gasteiger partial charge in [0.15, 0.2) is 4.90 Å². The first-order valence-electron chi connectivity index (χ1n) is 8.91. The second-order valence-electron chi connectivity index (χ2n) is 5.56. The van der Waals surface area contributed by atoms with Crippen molar-refractivity contribution in [2.45, 2.75) is 51.5 Å².